The van der Waals surface area contributed by atoms with E-state index in [-0.39, 0.29) is 24.1 Å². The number of pyridine rings is 1. The maximum Gasteiger partial charge on any atom is 0.243 e. The van der Waals surface area contributed by atoms with Crippen molar-refractivity contribution in [3.05, 3.63) is 53.3 Å². The number of benzene rings is 1. The molecule has 0 spiro atoms. The highest BCUT2D eigenvalue weighted by Crippen LogP contribution is 2.40. The summed E-state index contributed by atoms with van der Waals surface area (Å²) < 4.78 is 2.87. The molecule has 30 heavy (non-hydrogen) atoms. The molecule has 1 aliphatic carbocycles. The number of anilines is 1. The van der Waals surface area contributed by atoms with E-state index < -0.39 is 0 Å². The van der Waals surface area contributed by atoms with E-state index in [4.69, 9.17) is 0 Å². The second-order valence-corrected chi connectivity index (χ2v) is 8.53. The fraction of sp³-hybridized carbons (Fsp3) is 0.250. The van der Waals surface area contributed by atoms with Crippen molar-refractivity contribution >= 4 is 45.2 Å². The van der Waals surface area contributed by atoms with Crippen molar-refractivity contribution in [3.8, 4) is 11.4 Å². The number of carbonyl (C=O) groups is 2. The normalized spacial score (nSPS) is 13.1. The Balaban J connectivity index is 1.32. The highest BCUT2D eigenvalue weighted by Gasteiger charge is 2.30. The summed E-state index contributed by atoms with van der Waals surface area (Å²) in [7, 11) is 0. The minimum atomic E-state index is -0.290. The van der Waals surface area contributed by atoms with Crippen LogP contribution in [0.4, 0.5) is 5.69 Å². The third-order valence-electron chi connectivity index (χ3n) is 4.44. The van der Waals surface area contributed by atoms with Gasteiger partial charge in [0.2, 0.25) is 11.8 Å². The molecule has 1 aliphatic rings. The molecule has 8 nitrogen and oxygen atoms in total. The minimum Gasteiger partial charge on any atom is -0.346 e. The van der Waals surface area contributed by atoms with Crippen LogP contribution < -0.4 is 10.6 Å². The number of hydrogen-bond donors (Lipinski definition) is 2. The molecule has 2 N–H and O–H groups in total. The number of hydrogen-bond acceptors (Lipinski definition) is 6. The van der Waals surface area contributed by atoms with Crippen molar-refractivity contribution in [3.63, 3.8) is 0 Å². The van der Waals surface area contributed by atoms with Gasteiger partial charge in [0.15, 0.2) is 11.0 Å². The highest BCUT2D eigenvalue weighted by atomic mass is 79.9. The first kappa shape index (κ1) is 20.5. The summed E-state index contributed by atoms with van der Waals surface area (Å²) in [6.07, 6.45) is 5.59. The van der Waals surface area contributed by atoms with Crippen LogP contribution in [0.15, 0.2) is 58.4 Å². The number of nitrogens with zero attached hydrogens (tertiary/aromatic N) is 4. The number of aromatic nitrogens is 4. The molecule has 0 bridgehead atoms. The molecule has 154 valence electrons. The van der Waals surface area contributed by atoms with Crippen molar-refractivity contribution in [2.24, 2.45) is 0 Å². The predicted molar refractivity (Wildman–Crippen MR) is 118 cm³/mol. The molecule has 0 saturated heterocycles. The topological polar surface area (TPSA) is 102 Å². The summed E-state index contributed by atoms with van der Waals surface area (Å²) in [6, 6.07) is 11.5. The molecule has 1 aromatic carbocycles. The lowest BCUT2D eigenvalue weighted by Crippen LogP contribution is -2.34. The van der Waals surface area contributed by atoms with Crippen molar-refractivity contribution in [2.75, 3.05) is 17.6 Å². The van der Waals surface area contributed by atoms with E-state index in [1.54, 1.807) is 18.5 Å². The Morgan fingerprint density at radius 3 is 2.60 bits per heavy atom. The summed E-state index contributed by atoms with van der Waals surface area (Å²) >= 11 is 4.69. The van der Waals surface area contributed by atoms with E-state index in [0.717, 1.165) is 28.7 Å². The SMILES string of the molecule is O=C(CSc1nnc(-c2ccncc2)n1C1CC1)NCC(=O)Nc1ccccc1Br. The molecule has 0 radical (unpaired) electrons. The largest absolute Gasteiger partial charge is 0.346 e. The first-order valence-electron chi connectivity index (χ1n) is 9.41. The van der Waals surface area contributed by atoms with Crippen LogP contribution in [0, 0.1) is 0 Å². The van der Waals surface area contributed by atoms with Crippen molar-refractivity contribution in [1.29, 1.82) is 0 Å². The summed E-state index contributed by atoms with van der Waals surface area (Å²) in [5.74, 6) is 0.416. The van der Waals surface area contributed by atoms with Gasteiger partial charge in [0.25, 0.3) is 0 Å². The molecule has 1 saturated carbocycles. The summed E-state index contributed by atoms with van der Waals surface area (Å²) in [6.45, 7) is -0.0989. The molecule has 3 aromatic rings. The summed E-state index contributed by atoms with van der Waals surface area (Å²) in [4.78, 5) is 28.3. The van der Waals surface area contributed by atoms with Gasteiger partial charge in [0, 0.05) is 28.5 Å². The van der Waals surface area contributed by atoms with Gasteiger partial charge in [-0.1, -0.05) is 23.9 Å². The molecular formula is C20H19BrN6O2S. The van der Waals surface area contributed by atoms with Gasteiger partial charge in [-0.15, -0.1) is 10.2 Å². The third kappa shape index (κ3) is 5.06. The molecular weight excluding hydrogens is 468 g/mol. The Morgan fingerprint density at radius 2 is 1.87 bits per heavy atom. The molecule has 0 aliphatic heterocycles. The number of nitrogens with one attached hydrogen (secondary N) is 2. The Hall–Kier alpha value is -2.72. The fourth-order valence-corrected chi connectivity index (χ4v) is 4.07. The quantitative estimate of drug-likeness (QED) is 0.473. The molecule has 2 aromatic heterocycles. The van der Waals surface area contributed by atoms with Crippen LogP contribution in [0.2, 0.25) is 0 Å². The maximum absolute atomic E-state index is 12.2. The Kier molecular flexibility index (Phi) is 6.44. The first-order chi connectivity index (χ1) is 14.6. The van der Waals surface area contributed by atoms with Crippen molar-refractivity contribution in [2.45, 2.75) is 24.0 Å². The number of rotatable bonds is 8. The van der Waals surface area contributed by atoms with Crippen LogP contribution in [-0.2, 0) is 9.59 Å². The molecule has 2 heterocycles. The van der Waals surface area contributed by atoms with E-state index >= 15 is 0 Å². The standard InChI is InChI=1S/C20H19BrN6O2S/c21-15-3-1-2-4-16(15)24-17(28)11-23-18(29)12-30-20-26-25-19(27(20)14-5-6-14)13-7-9-22-10-8-13/h1-4,7-10,14H,5-6,11-12H2,(H,23,29)(H,24,28). The van der Waals surface area contributed by atoms with E-state index in [1.165, 1.54) is 11.8 Å². The van der Waals surface area contributed by atoms with E-state index in [0.29, 0.717) is 16.9 Å². The van der Waals surface area contributed by atoms with Crippen LogP contribution in [0.5, 0.6) is 0 Å². The molecule has 4 rings (SSSR count). The summed E-state index contributed by atoms with van der Waals surface area (Å²) in [5, 5.41) is 14.7. The van der Waals surface area contributed by atoms with Gasteiger partial charge < -0.3 is 10.6 Å². The second kappa shape index (κ2) is 9.40. The number of halogens is 1. The average molecular weight is 487 g/mol. The van der Waals surface area contributed by atoms with E-state index in [1.807, 2.05) is 30.3 Å². The Labute approximate surface area is 186 Å². The molecule has 0 atom stereocenters. The van der Waals surface area contributed by atoms with Crippen LogP contribution >= 0.6 is 27.7 Å². The van der Waals surface area contributed by atoms with Gasteiger partial charge in [-0.2, -0.15) is 0 Å². The number of carbonyl (C=O) groups excluding carboxylic acids is 2. The number of para-hydroxylation sites is 1. The number of thioether (sulfide) groups is 1. The van der Waals surface area contributed by atoms with E-state index in [2.05, 4.69) is 46.3 Å². The molecule has 10 heteroatoms. The maximum atomic E-state index is 12.2. The minimum absolute atomic E-state index is 0.0989. The van der Waals surface area contributed by atoms with Gasteiger partial charge in [-0.25, -0.2) is 0 Å². The summed E-state index contributed by atoms with van der Waals surface area (Å²) in [5.41, 5.74) is 1.61. The zero-order valence-corrected chi connectivity index (χ0v) is 18.3. The zero-order chi connectivity index (χ0) is 20.9. The smallest absolute Gasteiger partial charge is 0.243 e. The van der Waals surface area contributed by atoms with Gasteiger partial charge in [-0.3, -0.25) is 19.1 Å². The molecule has 0 unspecified atom stereocenters. The molecule has 1 fully saturated rings. The van der Waals surface area contributed by atoms with Gasteiger partial charge >= 0.3 is 0 Å². The number of amides is 2. The monoisotopic (exact) mass is 486 g/mol. The van der Waals surface area contributed by atoms with Crippen LogP contribution in [0.1, 0.15) is 18.9 Å². The lowest BCUT2D eigenvalue weighted by atomic mass is 10.2. The third-order valence-corrected chi connectivity index (χ3v) is 6.08. The predicted octanol–water partition coefficient (Wildman–Crippen LogP) is 3.28. The van der Waals surface area contributed by atoms with Gasteiger partial charge in [0.05, 0.1) is 18.0 Å². The van der Waals surface area contributed by atoms with E-state index in [9.17, 15) is 9.59 Å². The lowest BCUT2D eigenvalue weighted by molar-refractivity contribution is -0.122. The van der Waals surface area contributed by atoms with Crippen molar-refractivity contribution < 1.29 is 9.59 Å². The van der Waals surface area contributed by atoms with Crippen LogP contribution in [0.3, 0.4) is 0 Å². The average Bonchev–Trinajstić information content (AvgIpc) is 3.52. The highest BCUT2D eigenvalue weighted by molar-refractivity contribution is 9.10. The fourth-order valence-electron chi connectivity index (χ4n) is 2.85. The second-order valence-electron chi connectivity index (χ2n) is 6.74. The Bertz CT molecular complexity index is 1050. The van der Waals surface area contributed by atoms with Gasteiger partial charge in [0.1, 0.15) is 0 Å². The Morgan fingerprint density at radius 1 is 1.10 bits per heavy atom. The first-order valence-corrected chi connectivity index (χ1v) is 11.2. The van der Waals surface area contributed by atoms with Crippen molar-refractivity contribution in [1.82, 2.24) is 25.1 Å². The zero-order valence-electron chi connectivity index (χ0n) is 15.9. The van der Waals surface area contributed by atoms with Crippen LogP contribution in [-0.4, -0.2) is 43.9 Å². The van der Waals surface area contributed by atoms with Gasteiger partial charge in [-0.05, 0) is 53.0 Å². The molecule has 2 amide bonds. The lowest BCUT2D eigenvalue weighted by Gasteiger charge is -2.09. The van der Waals surface area contributed by atoms with Crippen LogP contribution in [0.25, 0.3) is 11.4 Å².